The van der Waals surface area contributed by atoms with Gasteiger partial charge in [-0.1, -0.05) is 0 Å². The van der Waals surface area contributed by atoms with Gasteiger partial charge in [-0.05, 0) is 11.8 Å². The Kier molecular flexibility index (Phi) is 2.55. The summed E-state index contributed by atoms with van der Waals surface area (Å²) in [5, 5.41) is 3.29. The van der Waals surface area contributed by atoms with E-state index in [1.807, 2.05) is 0 Å². The highest BCUT2D eigenvalue weighted by atomic mass is 16.2. The summed E-state index contributed by atoms with van der Waals surface area (Å²) >= 11 is 0. The normalized spacial score (nSPS) is 26.3. The Hall–Kier alpha value is -1.89. The van der Waals surface area contributed by atoms with Gasteiger partial charge in [-0.3, -0.25) is 14.6 Å². The number of H-pyrrole nitrogens is 2. The number of nitrogens with zero attached hydrogens (tertiary/aromatic N) is 1. The van der Waals surface area contributed by atoms with Crippen LogP contribution in [0.1, 0.15) is 10.4 Å². The summed E-state index contributed by atoms with van der Waals surface area (Å²) in [7, 11) is 0. The second kappa shape index (κ2) is 4.09. The zero-order chi connectivity index (χ0) is 12.7. The van der Waals surface area contributed by atoms with E-state index < -0.39 is 11.2 Å². The fourth-order valence-corrected chi connectivity index (χ4v) is 2.76. The van der Waals surface area contributed by atoms with Crippen LogP contribution in [0.15, 0.2) is 15.8 Å². The number of aromatic amines is 2. The lowest BCUT2D eigenvalue weighted by Crippen LogP contribution is -2.37. The molecule has 3 N–H and O–H groups in total. The number of hydrogen-bond donors (Lipinski definition) is 3. The van der Waals surface area contributed by atoms with Crippen LogP contribution in [0.25, 0.3) is 0 Å². The minimum Gasteiger partial charge on any atom is -0.338 e. The maximum atomic E-state index is 12.2. The number of carbonyl (C=O) groups is 1. The fraction of sp³-hybridized carbons (Fsp3) is 0.545. The molecule has 96 valence electrons. The lowest BCUT2D eigenvalue weighted by molar-refractivity contribution is 0.0779. The van der Waals surface area contributed by atoms with Crippen LogP contribution in [0.4, 0.5) is 0 Å². The number of nitrogens with one attached hydrogen (secondary N) is 3. The van der Waals surface area contributed by atoms with Crippen molar-refractivity contribution < 1.29 is 4.79 Å². The van der Waals surface area contributed by atoms with E-state index in [0.717, 1.165) is 13.1 Å². The molecule has 0 saturated carbocycles. The first kappa shape index (κ1) is 11.2. The first-order valence-corrected chi connectivity index (χ1v) is 5.97. The highest BCUT2D eigenvalue weighted by Crippen LogP contribution is 2.26. The summed E-state index contributed by atoms with van der Waals surface area (Å²) in [6, 6.07) is 0. The lowest BCUT2D eigenvalue weighted by Gasteiger charge is -2.16. The topological polar surface area (TPSA) is 98.1 Å². The van der Waals surface area contributed by atoms with Crippen molar-refractivity contribution in [3.63, 3.8) is 0 Å². The Bertz CT molecular complexity index is 578. The molecule has 1 aromatic heterocycles. The average molecular weight is 250 g/mol. The van der Waals surface area contributed by atoms with E-state index in [9.17, 15) is 14.4 Å². The Morgan fingerprint density at radius 2 is 1.89 bits per heavy atom. The average Bonchev–Trinajstić information content (AvgIpc) is 2.87. The summed E-state index contributed by atoms with van der Waals surface area (Å²) in [5.41, 5.74) is -1.22. The van der Waals surface area contributed by atoms with Gasteiger partial charge < -0.3 is 15.2 Å². The maximum absolute atomic E-state index is 12.2. The molecule has 2 aliphatic rings. The predicted octanol–water partition coefficient (Wildman–Crippen LogP) is -1.65. The minimum absolute atomic E-state index is 0.00235. The van der Waals surface area contributed by atoms with Gasteiger partial charge in [-0.15, -0.1) is 0 Å². The second-order valence-electron chi connectivity index (χ2n) is 4.87. The van der Waals surface area contributed by atoms with Crippen molar-refractivity contribution in [1.29, 1.82) is 0 Å². The van der Waals surface area contributed by atoms with Crippen molar-refractivity contribution in [1.82, 2.24) is 20.2 Å². The van der Waals surface area contributed by atoms with Crippen molar-refractivity contribution in [3.05, 3.63) is 32.6 Å². The largest absolute Gasteiger partial charge is 0.338 e. The predicted molar refractivity (Wildman–Crippen MR) is 63.4 cm³/mol. The van der Waals surface area contributed by atoms with Gasteiger partial charge in [0.2, 0.25) is 0 Å². The Balaban J connectivity index is 1.83. The van der Waals surface area contributed by atoms with Crippen LogP contribution >= 0.6 is 0 Å². The molecule has 2 aliphatic heterocycles. The standard InChI is InChI=1S/C11H14N4O3/c16-9-8(3-13-11(18)14-9)10(17)15-4-6-1-12-2-7(6)5-15/h3,6-7,12H,1-2,4-5H2,(H2,13,14,16,18)/t6-,7+. The van der Waals surface area contributed by atoms with Gasteiger partial charge in [0.1, 0.15) is 5.56 Å². The molecule has 0 unspecified atom stereocenters. The van der Waals surface area contributed by atoms with Gasteiger partial charge in [-0.25, -0.2) is 4.79 Å². The van der Waals surface area contributed by atoms with Crippen LogP contribution in [0.5, 0.6) is 0 Å². The van der Waals surface area contributed by atoms with Gasteiger partial charge in [-0.2, -0.15) is 0 Å². The zero-order valence-corrected chi connectivity index (χ0v) is 9.73. The Morgan fingerprint density at radius 3 is 2.50 bits per heavy atom. The van der Waals surface area contributed by atoms with Gasteiger partial charge in [0.15, 0.2) is 0 Å². The molecule has 7 nitrogen and oxygen atoms in total. The summed E-state index contributed by atoms with van der Waals surface area (Å²) in [4.78, 5) is 40.7. The smallest absolute Gasteiger partial charge is 0.325 e. The molecule has 7 heteroatoms. The van der Waals surface area contributed by atoms with Gasteiger partial charge in [0.25, 0.3) is 11.5 Å². The molecule has 0 radical (unpaired) electrons. The molecule has 0 bridgehead atoms. The Labute approximate surface area is 102 Å². The number of aromatic nitrogens is 2. The van der Waals surface area contributed by atoms with Crippen molar-refractivity contribution in [2.24, 2.45) is 11.8 Å². The van der Waals surface area contributed by atoms with Crippen LogP contribution in [0.3, 0.4) is 0 Å². The second-order valence-corrected chi connectivity index (χ2v) is 4.87. The third-order valence-electron chi connectivity index (χ3n) is 3.73. The van der Waals surface area contributed by atoms with E-state index in [2.05, 4.69) is 15.3 Å². The SMILES string of the molecule is O=C(c1c[nH]c(=O)[nH]c1=O)N1C[C@H]2CNC[C@H]2C1. The molecule has 0 spiro atoms. The van der Waals surface area contributed by atoms with E-state index in [1.54, 1.807) is 4.90 Å². The molecule has 2 fully saturated rings. The van der Waals surface area contributed by atoms with Crippen LogP contribution in [0, 0.1) is 11.8 Å². The third kappa shape index (κ3) is 1.76. The highest BCUT2D eigenvalue weighted by molar-refractivity contribution is 5.93. The number of amides is 1. The van der Waals surface area contributed by atoms with E-state index in [0.29, 0.717) is 24.9 Å². The number of hydrogen-bond acceptors (Lipinski definition) is 4. The molecule has 1 amide bonds. The van der Waals surface area contributed by atoms with Gasteiger partial charge >= 0.3 is 5.69 Å². The number of fused-ring (bicyclic) bond motifs is 1. The van der Waals surface area contributed by atoms with Gasteiger partial charge in [0, 0.05) is 32.4 Å². The van der Waals surface area contributed by atoms with Gasteiger partial charge in [0.05, 0.1) is 0 Å². The van der Waals surface area contributed by atoms with E-state index >= 15 is 0 Å². The molecule has 2 atom stereocenters. The van der Waals surface area contributed by atoms with Crippen LogP contribution in [-0.4, -0.2) is 47.0 Å². The molecule has 0 aliphatic carbocycles. The summed E-state index contributed by atoms with van der Waals surface area (Å²) < 4.78 is 0. The van der Waals surface area contributed by atoms with Crippen LogP contribution in [-0.2, 0) is 0 Å². The third-order valence-corrected chi connectivity index (χ3v) is 3.73. The fourth-order valence-electron chi connectivity index (χ4n) is 2.76. The van der Waals surface area contributed by atoms with Crippen molar-refractivity contribution in [2.45, 2.75) is 0 Å². The number of likely N-dealkylation sites (tertiary alicyclic amines) is 1. The van der Waals surface area contributed by atoms with E-state index in [-0.39, 0.29) is 11.5 Å². The molecule has 0 aromatic carbocycles. The van der Waals surface area contributed by atoms with E-state index in [1.165, 1.54) is 6.20 Å². The molecule has 2 saturated heterocycles. The quantitative estimate of drug-likeness (QED) is 0.556. The lowest BCUT2D eigenvalue weighted by atomic mass is 10.0. The minimum atomic E-state index is -0.626. The van der Waals surface area contributed by atoms with Crippen molar-refractivity contribution in [3.8, 4) is 0 Å². The molecule has 3 heterocycles. The molecular formula is C11H14N4O3. The summed E-state index contributed by atoms with van der Waals surface area (Å²) in [5.74, 6) is 0.661. The van der Waals surface area contributed by atoms with Crippen LogP contribution < -0.4 is 16.6 Å². The maximum Gasteiger partial charge on any atom is 0.325 e. The van der Waals surface area contributed by atoms with Crippen LogP contribution in [0.2, 0.25) is 0 Å². The number of rotatable bonds is 1. The van der Waals surface area contributed by atoms with E-state index in [4.69, 9.17) is 0 Å². The molecular weight excluding hydrogens is 236 g/mol. The van der Waals surface area contributed by atoms with Crippen molar-refractivity contribution >= 4 is 5.91 Å². The Morgan fingerprint density at radius 1 is 1.22 bits per heavy atom. The number of carbonyl (C=O) groups excluding carboxylic acids is 1. The zero-order valence-electron chi connectivity index (χ0n) is 9.73. The molecule has 18 heavy (non-hydrogen) atoms. The first-order chi connectivity index (χ1) is 8.65. The summed E-state index contributed by atoms with van der Waals surface area (Å²) in [6.07, 6.45) is 1.19. The highest BCUT2D eigenvalue weighted by Gasteiger charge is 2.38. The summed E-state index contributed by atoms with van der Waals surface area (Å²) in [6.45, 7) is 3.21. The molecule has 1 aromatic rings. The van der Waals surface area contributed by atoms with Crippen molar-refractivity contribution in [2.75, 3.05) is 26.2 Å². The first-order valence-electron chi connectivity index (χ1n) is 5.97. The molecule has 3 rings (SSSR count). The monoisotopic (exact) mass is 250 g/mol.